The number of carbonyl (C=O) groups excluding carboxylic acids is 3. The number of hydrogen-bond donors (Lipinski definition) is 1. The molecule has 1 aliphatic rings. The van der Waals surface area contributed by atoms with E-state index in [4.69, 9.17) is 11.6 Å². The fourth-order valence-electron chi connectivity index (χ4n) is 4.28. The number of hydrogen-bond acceptors (Lipinski definition) is 5. The minimum Gasteiger partial charge on any atom is -0.355 e. The zero-order valence-corrected chi connectivity index (χ0v) is 21.7. The van der Waals surface area contributed by atoms with E-state index >= 15 is 0 Å². The Morgan fingerprint density at radius 3 is 2.32 bits per heavy atom. The lowest BCUT2D eigenvalue weighted by Gasteiger charge is -2.32. The summed E-state index contributed by atoms with van der Waals surface area (Å²) in [5.41, 5.74) is 1.49. The quantitative estimate of drug-likeness (QED) is 0.449. The largest absolute Gasteiger partial charge is 0.355 e. The van der Waals surface area contributed by atoms with Crippen LogP contribution < -0.4 is 5.32 Å². The topological polar surface area (TPSA) is 104 Å². The average Bonchev–Trinajstić information content (AvgIpc) is 3.07. The highest BCUT2D eigenvalue weighted by atomic mass is 35.5. The Labute approximate surface area is 220 Å². The minimum absolute atomic E-state index is 0.0109. The number of rotatable bonds is 9. The average molecular weight is 540 g/mol. The summed E-state index contributed by atoms with van der Waals surface area (Å²) in [5.74, 6) is -1.85. The Kier molecular flexibility index (Phi) is 7.94. The third-order valence-electron chi connectivity index (χ3n) is 6.05. The molecule has 10 heteroatoms. The van der Waals surface area contributed by atoms with Gasteiger partial charge in [-0.3, -0.25) is 14.4 Å². The number of fused-ring (bicyclic) bond motifs is 1. The first-order valence-electron chi connectivity index (χ1n) is 11.7. The maximum Gasteiger partial charge on any atom is 0.269 e. The lowest BCUT2D eigenvalue weighted by molar-refractivity contribution is -0.141. The molecule has 3 amide bonds. The highest BCUT2D eigenvalue weighted by molar-refractivity contribution is 7.90. The van der Waals surface area contributed by atoms with Crippen LogP contribution >= 0.6 is 11.6 Å². The van der Waals surface area contributed by atoms with Crippen LogP contribution in [0, 0.1) is 0 Å². The van der Waals surface area contributed by atoms with Crippen LogP contribution in [0.5, 0.6) is 0 Å². The fraction of sp³-hybridized carbons (Fsp3) is 0.222. The number of nitrogens with one attached hydrogen (secondary N) is 1. The van der Waals surface area contributed by atoms with Gasteiger partial charge in [0.15, 0.2) is 0 Å². The van der Waals surface area contributed by atoms with Gasteiger partial charge in [-0.25, -0.2) is 12.7 Å². The molecule has 0 saturated carbocycles. The van der Waals surface area contributed by atoms with E-state index < -0.39 is 34.4 Å². The van der Waals surface area contributed by atoms with Crippen molar-refractivity contribution in [3.8, 4) is 0 Å². The van der Waals surface area contributed by atoms with Crippen LogP contribution in [0.25, 0.3) is 0 Å². The molecular formula is C27H26ClN3O5S. The van der Waals surface area contributed by atoms with Gasteiger partial charge in [0.25, 0.3) is 15.9 Å². The number of halogens is 1. The molecule has 3 aromatic rings. The number of carbonyl (C=O) groups is 3. The Morgan fingerprint density at radius 1 is 0.973 bits per heavy atom. The summed E-state index contributed by atoms with van der Waals surface area (Å²) < 4.78 is 26.8. The number of sulfonamides is 1. The van der Waals surface area contributed by atoms with E-state index in [0.717, 1.165) is 5.56 Å². The number of likely N-dealkylation sites (N-methyl/N-ethyl adjacent to an activating group) is 1. The molecule has 0 bridgehead atoms. The van der Waals surface area contributed by atoms with E-state index in [0.29, 0.717) is 21.4 Å². The molecule has 1 atom stereocenters. The second-order valence-corrected chi connectivity index (χ2v) is 10.8. The molecule has 1 N–H and O–H groups in total. The van der Waals surface area contributed by atoms with Crippen LogP contribution in [0.3, 0.4) is 0 Å². The highest BCUT2D eigenvalue weighted by Gasteiger charge is 2.43. The molecule has 37 heavy (non-hydrogen) atoms. The molecule has 3 aromatic carbocycles. The first kappa shape index (κ1) is 26.4. The van der Waals surface area contributed by atoms with Crippen molar-refractivity contribution in [1.82, 2.24) is 14.5 Å². The summed E-state index contributed by atoms with van der Waals surface area (Å²) in [5, 5.41) is 3.23. The maximum atomic E-state index is 13.8. The fourth-order valence-corrected chi connectivity index (χ4v) is 6.01. The van der Waals surface area contributed by atoms with Crippen LogP contribution in [-0.4, -0.2) is 54.5 Å². The van der Waals surface area contributed by atoms with Crippen LogP contribution in [0.1, 0.15) is 28.4 Å². The second kappa shape index (κ2) is 11.1. The summed E-state index contributed by atoms with van der Waals surface area (Å²) in [7, 11) is -4.20. The van der Waals surface area contributed by atoms with E-state index in [-0.39, 0.29) is 29.3 Å². The van der Waals surface area contributed by atoms with Gasteiger partial charge in [0, 0.05) is 24.5 Å². The van der Waals surface area contributed by atoms with Crippen molar-refractivity contribution >= 4 is 39.3 Å². The van der Waals surface area contributed by atoms with Crippen molar-refractivity contribution in [2.45, 2.75) is 30.8 Å². The second-order valence-electron chi connectivity index (χ2n) is 8.56. The van der Waals surface area contributed by atoms with E-state index in [1.165, 1.54) is 23.1 Å². The Bertz CT molecular complexity index is 1430. The van der Waals surface area contributed by atoms with Crippen molar-refractivity contribution < 1.29 is 22.8 Å². The van der Waals surface area contributed by atoms with E-state index in [2.05, 4.69) is 5.32 Å². The van der Waals surface area contributed by atoms with Gasteiger partial charge in [0.05, 0.1) is 5.56 Å². The van der Waals surface area contributed by atoms with E-state index in [9.17, 15) is 22.8 Å². The molecule has 0 fully saturated rings. The summed E-state index contributed by atoms with van der Waals surface area (Å²) >= 11 is 6.16. The molecule has 0 saturated heterocycles. The standard InChI is InChI=1S/C27H26ClN3O5S/c1-2-29-26(33)23(16-19-9-4-3-5-10-19)30(17-20-11-8-12-21(28)15-20)25(32)18-31-27(34)22-13-6-7-14-24(22)37(31,35)36/h3-15,23H,2,16-18H2,1H3,(H,29,33). The van der Waals surface area contributed by atoms with Gasteiger partial charge >= 0.3 is 0 Å². The number of benzene rings is 3. The van der Waals surface area contributed by atoms with Crippen LogP contribution in [-0.2, 0) is 32.6 Å². The lowest BCUT2D eigenvalue weighted by Crippen LogP contribution is -2.53. The molecule has 1 aliphatic heterocycles. The predicted molar refractivity (Wildman–Crippen MR) is 139 cm³/mol. The first-order valence-corrected chi connectivity index (χ1v) is 13.6. The third-order valence-corrected chi connectivity index (χ3v) is 8.08. The maximum absolute atomic E-state index is 13.8. The zero-order valence-electron chi connectivity index (χ0n) is 20.1. The summed E-state index contributed by atoms with van der Waals surface area (Å²) in [6.07, 6.45) is 0.194. The monoisotopic (exact) mass is 539 g/mol. The van der Waals surface area contributed by atoms with Crippen molar-refractivity contribution in [2.75, 3.05) is 13.1 Å². The van der Waals surface area contributed by atoms with Crippen molar-refractivity contribution in [1.29, 1.82) is 0 Å². The Morgan fingerprint density at radius 2 is 1.65 bits per heavy atom. The third kappa shape index (κ3) is 5.68. The lowest BCUT2D eigenvalue weighted by atomic mass is 10.0. The van der Waals surface area contributed by atoms with Crippen LogP contribution in [0.15, 0.2) is 83.8 Å². The van der Waals surface area contributed by atoms with Gasteiger partial charge in [-0.15, -0.1) is 0 Å². The highest BCUT2D eigenvalue weighted by Crippen LogP contribution is 2.30. The molecule has 0 aromatic heterocycles. The van der Waals surface area contributed by atoms with E-state index in [1.54, 1.807) is 37.3 Å². The summed E-state index contributed by atoms with van der Waals surface area (Å²) in [4.78, 5) is 41.1. The van der Waals surface area contributed by atoms with Gasteiger partial charge in [-0.05, 0) is 42.3 Å². The molecule has 1 heterocycles. The molecule has 1 unspecified atom stereocenters. The first-order chi connectivity index (χ1) is 17.7. The Hall–Kier alpha value is -3.69. The molecule has 0 spiro atoms. The van der Waals surface area contributed by atoms with Crippen LogP contribution in [0.2, 0.25) is 5.02 Å². The van der Waals surface area contributed by atoms with Crippen molar-refractivity contribution in [3.63, 3.8) is 0 Å². The normalized spacial score (nSPS) is 14.6. The zero-order chi connectivity index (χ0) is 26.6. The SMILES string of the molecule is CCNC(=O)C(Cc1ccccc1)N(Cc1cccc(Cl)c1)C(=O)CN1C(=O)c2ccccc2S1(=O)=O. The predicted octanol–water partition coefficient (Wildman–Crippen LogP) is 3.26. The van der Waals surface area contributed by atoms with Crippen molar-refractivity contribution in [3.05, 3.63) is 101 Å². The number of nitrogens with zero attached hydrogens (tertiary/aromatic N) is 2. The summed E-state index contributed by atoms with van der Waals surface area (Å²) in [6, 6.07) is 20.9. The van der Waals surface area contributed by atoms with E-state index in [1.807, 2.05) is 30.3 Å². The van der Waals surface area contributed by atoms with Gasteiger partial charge in [-0.2, -0.15) is 0 Å². The molecule has 4 rings (SSSR count). The molecule has 8 nitrogen and oxygen atoms in total. The summed E-state index contributed by atoms with van der Waals surface area (Å²) in [6.45, 7) is 1.37. The van der Waals surface area contributed by atoms with Gasteiger partial charge < -0.3 is 10.2 Å². The van der Waals surface area contributed by atoms with Crippen LogP contribution in [0.4, 0.5) is 0 Å². The molecular weight excluding hydrogens is 514 g/mol. The number of amides is 3. The molecule has 192 valence electrons. The van der Waals surface area contributed by atoms with Gasteiger partial charge in [0.1, 0.15) is 17.5 Å². The smallest absolute Gasteiger partial charge is 0.269 e. The molecule has 0 aliphatic carbocycles. The van der Waals surface area contributed by atoms with Gasteiger partial charge in [-0.1, -0.05) is 66.2 Å². The van der Waals surface area contributed by atoms with Crippen molar-refractivity contribution in [2.24, 2.45) is 0 Å². The van der Waals surface area contributed by atoms with Gasteiger partial charge in [0.2, 0.25) is 11.8 Å². The minimum atomic E-state index is -4.20. The molecule has 0 radical (unpaired) electrons. The Balaban J connectivity index is 1.71.